The summed E-state index contributed by atoms with van der Waals surface area (Å²) in [6.07, 6.45) is 1.64. The van der Waals surface area contributed by atoms with Crippen LogP contribution in [0.2, 0.25) is 0 Å². The summed E-state index contributed by atoms with van der Waals surface area (Å²) >= 11 is 0. The van der Waals surface area contributed by atoms with Crippen LogP contribution >= 0.6 is 24.0 Å². The second-order valence-electron chi connectivity index (χ2n) is 4.69. The molecule has 0 aliphatic rings. The average Bonchev–Trinajstić information content (AvgIpc) is 3.03. The molecule has 0 unspecified atom stereocenters. The number of benzene rings is 1. The lowest BCUT2D eigenvalue weighted by Crippen LogP contribution is -2.36. The number of hydrogen-bond acceptors (Lipinski definition) is 3. The predicted octanol–water partition coefficient (Wildman–Crippen LogP) is 2.25. The van der Waals surface area contributed by atoms with Crippen molar-refractivity contribution in [3.8, 4) is 0 Å². The summed E-state index contributed by atoms with van der Waals surface area (Å²) in [5.41, 5.74) is 6.69. The molecule has 1 amide bonds. The van der Waals surface area contributed by atoms with Crippen LogP contribution in [-0.2, 0) is 13.1 Å². The van der Waals surface area contributed by atoms with E-state index in [1.165, 1.54) is 0 Å². The fourth-order valence-corrected chi connectivity index (χ4v) is 1.92. The first-order valence-corrected chi connectivity index (χ1v) is 7.12. The third-order valence-electron chi connectivity index (χ3n) is 2.99. The Labute approximate surface area is 152 Å². The molecule has 23 heavy (non-hydrogen) atoms. The number of amides is 1. The summed E-state index contributed by atoms with van der Waals surface area (Å²) in [7, 11) is 0. The Balaban J connectivity index is 0.00000264. The molecule has 1 aromatic carbocycles. The van der Waals surface area contributed by atoms with Crippen molar-refractivity contribution in [1.29, 1.82) is 0 Å². The molecular formula is C16H21IN4O2. The largest absolute Gasteiger partial charge is 0.467 e. The molecule has 0 saturated carbocycles. The van der Waals surface area contributed by atoms with Gasteiger partial charge in [0, 0.05) is 12.1 Å². The summed E-state index contributed by atoms with van der Waals surface area (Å²) in [6.45, 7) is 3.76. The van der Waals surface area contributed by atoms with Crippen LogP contribution in [0.4, 0.5) is 0 Å². The molecular weight excluding hydrogens is 407 g/mol. The van der Waals surface area contributed by atoms with Crippen LogP contribution < -0.4 is 16.4 Å². The summed E-state index contributed by atoms with van der Waals surface area (Å²) in [4.78, 5) is 15.7. The predicted molar refractivity (Wildman–Crippen MR) is 101 cm³/mol. The molecule has 0 saturated heterocycles. The van der Waals surface area contributed by atoms with Crippen molar-refractivity contribution in [2.45, 2.75) is 20.0 Å². The van der Waals surface area contributed by atoms with Gasteiger partial charge in [-0.2, -0.15) is 0 Å². The maximum absolute atomic E-state index is 11.2. The summed E-state index contributed by atoms with van der Waals surface area (Å²) in [6, 6.07) is 10.9. The molecule has 6 nitrogen and oxygen atoms in total. The highest BCUT2D eigenvalue weighted by Crippen LogP contribution is 2.06. The van der Waals surface area contributed by atoms with E-state index in [4.69, 9.17) is 10.2 Å². The highest BCUT2D eigenvalue weighted by Gasteiger charge is 2.02. The van der Waals surface area contributed by atoms with Crippen molar-refractivity contribution in [2.24, 2.45) is 10.7 Å². The van der Waals surface area contributed by atoms with E-state index in [-0.39, 0.29) is 24.0 Å². The van der Waals surface area contributed by atoms with Gasteiger partial charge in [-0.15, -0.1) is 24.0 Å². The molecule has 7 heteroatoms. The number of aliphatic imine (C=N–C) groups is 1. The highest BCUT2D eigenvalue weighted by molar-refractivity contribution is 14.0. The number of rotatable bonds is 6. The fraction of sp³-hybridized carbons (Fsp3) is 0.250. The lowest BCUT2D eigenvalue weighted by molar-refractivity contribution is 0.1000. The minimum Gasteiger partial charge on any atom is -0.467 e. The van der Waals surface area contributed by atoms with Crippen molar-refractivity contribution in [3.63, 3.8) is 0 Å². The molecule has 0 aliphatic carbocycles. The molecule has 1 heterocycles. The number of carbonyl (C=O) groups excluding carboxylic acids is 1. The van der Waals surface area contributed by atoms with Gasteiger partial charge in [-0.25, -0.2) is 4.99 Å². The van der Waals surface area contributed by atoms with E-state index in [9.17, 15) is 4.79 Å². The highest BCUT2D eigenvalue weighted by atomic mass is 127. The third-order valence-corrected chi connectivity index (χ3v) is 2.99. The molecule has 1 aromatic heterocycles. The van der Waals surface area contributed by atoms with Crippen molar-refractivity contribution < 1.29 is 9.21 Å². The van der Waals surface area contributed by atoms with E-state index in [1.807, 2.05) is 25.1 Å². The Morgan fingerprint density at radius 1 is 1.26 bits per heavy atom. The topological polar surface area (TPSA) is 92.6 Å². The maximum atomic E-state index is 11.2. The van der Waals surface area contributed by atoms with Crippen LogP contribution in [0.3, 0.4) is 0 Å². The molecule has 4 N–H and O–H groups in total. The summed E-state index contributed by atoms with van der Waals surface area (Å²) < 4.78 is 5.27. The quantitative estimate of drug-likeness (QED) is 0.374. The minimum atomic E-state index is -0.436. The Hall–Kier alpha value is -2.03. The molecule has 124 valence electrons. The zero-order valence-electron chi connectivity index (χ0n) is 12.9. The summed E-state index contributed by atoms with van der Waals surface area (Å²) in [5.74, 6) is 1.08. The lowest BCUT2D eigenvalue weighted by atomic mass is 10.1. The fourth-order valence-electron chi connectivity index (χ4n) is 1.92. The van der Waals surface area contributed by atoms with Crippen molar-refractivity contribution in [3.05, 3.63) is 59.5 Å². The van der Waals surface area contributed by atoms with E-state index in [2.05, 4.69) is 15.6 Å². The Kier molecular flexibility index (Phi) is 8.17. The minimum absolute atomic E-state index is 0. The first-order valence-electron chi connectivity index (χ1n) is 7.12. The molecule has 0 aliphatic heterocycles. The van der Waals surface area contributed by atoms with Crippen LogP contribution in [-0.4, -0.2) is 18.4 Å². The zero-order chi connectivity index (χ0) is 15.8. The average molecular weight is 428 g/mol. The number of hydrogen-bond donors (Lipinski definition) is 3. The van der Waals surface area contributed by atoms with Gasteiger partial charge in [0.15, 0.2) is 5.96 Å². The Morgan fingerprint density at radius 3 is 2.74 bits per heavy atom. The first kappa shape index (κ1) is 19.0. The molecule has 0 bridgehead atoms. The Bertz CT molecular complexity index is 641. The number of primary amides is 1. The van der Waals surface area contributed by atoms with Crippen molar-refractivity contribution in [2.75, 3.05) is 6.54 Å². The smallest absolute Gasteiger partial charge is 0.248 e. The number of carbonyl (C=O) groups is 1. The normalized spacial score (nSPS) is 10.7. The van der Waals surface area contributed by atoms with Gasteiger partial charge in [-0.1, -0.05) is 12.1 Å². The van der Waals surface area contributed by atoms with E-state index in [1.54, 1.807) is 24.5 Å². The van der Waals surface area contributed by atoms with Gasteiger partial charge in [0.05, 0.1) is 19.4 Å². The molecule has 0 fully saturated rings. The van der Waals surface area contributed by atoms with Gasteiger partial charge in [-0.05, 0) is 36.8 Å². The van der Waals surface area contributed by atoms with Crippen LogP contribution in [0, 0.1) is 0 Å². The summed E-state index contributed by atoms with van der Waals surface area (Å²) in [5, 5.41) is 6.34. The van der Waals surface area contributed by atoms with Gasteiger partial charge >= 0.3 is 0 Å². The van der Waals surface area contributed by atoms with E-state index in [0.717, 1.165) is 17.9 Å². The van der Waals surface area contributed by atoms with E-state index < -0.39 is 5.91 Å². The SMILES string of the molecule is CCNC(=NCc1cccc(C(N)=O)c1)NCc1ccco1.I. The first-order chi connectivity index (χ1) is 10.7. The number of nitrogens with zero attached hydrogens (tertiary/aromatic N) is 1. The second-order valence-corrected chi connectivity index (χ2v) is 4.69. The maximum Gasteiger partial charge on any atom is 0.248 e. The second kappa shape index (κ2) is 9.88. The van der Waals surface area contributed by atoms with Crippen LogP contribution in [0.25, 0.3) is 0 Å². The van der Waals surface area contributed by atoms with E-state index in [0.29, 0.717) is 24.6 Å². The molecule has 0 radical (unpaired) electrons. The Morgan fingerprint density at radius 2 is 2.09 bits per heavy atom. The molecule has 0 spiro atoms. The number of guanidine groups is 1. The molecule has 2 rings (SSSR count). The monoisotopic (exact) mass is 428 g/mol. The molecule has 0 atom stereocenters. The van der Waals surface area contributed by atoms with Gasteiger partial charge in [-0.3, -0.25) is 4.79 Å². The van der Waals surface area contributed by atoms with Gasteiger partial charge in [0.2, 0.25) is 5.91 Å². The number of nitrogens with two attached hydrogens (primary N) is 1. The standard InChI is InChI=1S/C16H20N4O2.HI/c1-2-18-16(20-11-14-7-4-8-22-14)19-10-12-5-3-6-13(9-12)15(17)21;/h3-9H,2,10-11H2,1H3,(H2,17,21)(H2,18,19,20);1H. The van der Waals surface area contributed by atoms with Crippen molar-refractivity contribution >= 4 is 35.8 Å². The van der Waals surface area contributed by atoms with Crippen LogP contribution in [0.5, 0.6) is 0 Å². The van der Waals surface area contributed by atoms with Gasteiger partial charge < -0.3 is 20.8 Å². The van der Waals surface area contributed by atoms with E-state index >= 15 is 0 Å². The lowest BCUT2D eigenvalue weighted by Gasteiger charge is -2.10. The molecule has 2 aromatic rings. The zero-order valence-corrected chi connectivity index (χ0v) is 15.2. The van der Waals surface area contributed by atoms with Crippen LogP contribution in [0.15, 0.2) is 52.1 Å². The van der Waals surface area contributed by atoms with Gasteiger partial charge in [0.25, 0.3) is 0 Å². The van der Waals surface area contributed by atoms with Crippen molar-refractivity contribution in [1.82, 2.24) is 10.6 Å². The third kappa shape index (κ3) is 6.31. The number of halogens is 1. The van der Waals surface area contributed by atoms with Gasteiger partial charge in [0.1, 0.15) is 5.76 Å². The number of furan rings is 1. The number of nitrogens with one attached hydrogen (secondary N) is 2. The van der Waals surface area contributed by atoms with Crippen LogP contribution in [0.1, 0.15) is 28.6 Å².